The fraction of sp³-hybridized carbons (Fsp3) is 0.231. The van der Waals surface area contributed by atoms with Crippen molar-refractivity contribution in [1.82, 2.24) is 0 Å². The van der Waals surface area contributed by atoms with E-state index in [2.05, 4.69) is 0 Å². The minimum atomic E-state index is -4.72. The van der Waals surface area contributed by atoms with Crippen LogP contribution in [0.15, 0.2) is 30.3 Å². The molecule has 0 bridgehead atoms. The van der Waals surface area contributed by atoms with Gasteiger partial charge in [-0.15, -0.1) is 22.9 Å². The van der Waals surface area contributed by atoms with Crippen LogP contribution in [-0.2, 0) is 6.18 Å². The van der Waals surface area contributed by atoms with Crippen molar-refractivity contribution >= 4 is 22.9 Å². The first-order valence-electron chi connectivity index (χ1n) is 5.36. The van der Waals surface area contributed by atoms with Crippen LogP contribution in [0.2, 0.25) is 0 Å². The first kappa shape index (κ1) is 14.3. The third-order valence-electron chi connectivity index (χ3n) is 2.60. The number of benzene rings is 1. The van der Waals surface area contributed by atoms with Gasteiger partial charge in [-0.2, -0.15) is 13.2 Å². The van der Waals surface area contributed by atoms with Crippen molar-refractivity contribution in [3.05, 3.63) is 57.0 Å². The highest BCUT2D eigenvalue weighted by Gasteiger charge is 2.34. The lowest BCUT2D eigenvalue weighted by atomic mass is 10.1. The van der Waals surface area contributed by atoms with Crippen LogP contribution in [0.5, 0.6) is 0 Å². The van der Waals surface area contributed by atoms with Gasteiger partial charge in [-0.3, -0.25) is 0 Å². The summed E-state index contributed by atoms with van der Waals surface area (Å²) in [5.41, 5.74) is -1.05. The quantitative estimate of drug-likeness (QED) is 0.504. The maximum absolute atomic E-state index is 13.2. The Morgan fingerprint density at radius 2 is 1.84 bits per heavy atom. The van der Waals surface area contributed by atoms with E-state index >= 15 is 0 Å². The fourth-order valence-electron chi connectivity index (χ4n) is 1.67. The lowest BCUT2D eigenvalue weighted by Gasteiger charge is -2.12. The van der Waals surface area contributed by atoms with Crippen molar-refractivity contribution < 1.29 is 17.6 Å². The normalized spacial score (nSPS) is 13.6. The number of aryl methyl sites for hydroxylation is 1. The number of rotatable bonds is 2. The summed E-state index contributed by atoms with van der Waals surface area (Å²) in [7, 11) is 0. The first-order chi connectivity index (χ1) is 8.79. The number of thiophene rings is 1. The zero-order valence-corrected chi connectivity index (χ0v) is 11.3. The highest BCUT2D eigenvalue weighted by molar-refractivity contribution is 7.12. The van der Waals surface area contributed by atoms with Gasteiger partial charge in [-0.05, 0) is 36.8 Å². The second-order valence-corrected chi connectivity index (χ2v) is 5.80. The molecule has 1 atom stereocenters. The van der Waals surface area contributed by atoms with Crippen molar-refractivity contribution in [1.29, 1.82) is 0 Å². The molecule has 0 fully saturated rings. The van der Waals surface area contributed by atoms with Crippen LogP contribution in [-0.4, -0.2) is 0 Å². The summed E-state index contributed by atoms with van der Waals surface area (Å²) in [6.07, 6.45) is -4.72. The van der Waals surface area contributed by atoms with Gasteiger partial charge in [0.1, 0.15) is 5.82 Å². The largest absolute Gasteiger partial charge is 0.419 e. The van der Waals surface area contributed by atoms with Gasteiger partial charge in [0.2, 0.25) is 0 Å². The van der Waals surface area contributed by atoms with E-state index in [0.29, 0.717) is 0 Å². The molecule has 0 saturated heterocycles. The Bertz CT molecular complexity index is 589. The average Bonchev–Trinajstić information content (AvgIpc) is 2.74. The Kier molecular flexibility index (Phi) is 3.87. The minimum absolute atomic E-state index is 0.234. The van der Waals surface area contributed by atoms with Crippen molar-refractivity contribution in [2.75, 3.05) is 0 Å². The van der Waals surface area contributed by atoms with E-state index in [0.717, 1.165) is 21.9 Å². The van der Waals surface area contributed by atoms with Gasteiger partial charge in [-0.25, -0.2) is 4.39 Å². The van der Waals surface area contributed by atoms with Gasteiger partial charge in [0.25, 0.3) is 0 Å². The zero-order valence-electron chi connectivity index (χ0n) is 9.76. The molecule has 2 rings (SSSR count). The molecule has 0 aliphatic carbocycles. The van der Waals surface area contributed by atoms with Crippen molar-refractivity contribution in [3.8, 4) is 0 Å². The molecule has 1 aromatic heterocycles. The molecule has 2 aromatic rings. The SMILES string of the molecule is Cc1ccc(C(Cl)c2ccc(F)c(C(F)(F)F)c2)s1. The molecular weight excluding hydrogens is 300 g/mol. The molecule has 19 heavy (non-hydrogen) atoms. The molecule has 0 saturated carbocycles. The van der Waals surface area contributed by atoms with Crippen LogP contribution in [0.3, 0.4) is 0 Å². The highest BCUT2D eigenvalue weighted by Crippen LogP contribution is 2.37. The molecule has 0 N–H and O–H groups in total. The van der Waals surface area contributed by atoms with Crippen LogP contribution < -0.4 is 0 Å². The van der Waals surface area contributed by atoms with Crippen molar-refractivity contribution in [2.45, 2.75) is 18.5 Å². The van der Waals surface area contributed by atoms with Gasteiger partial charge in [0.05, 0.1) is 10.9 Å². The van der Waals surface area contributed by atoms with Gasteiger partial charge in [-0.1, -0.05) is 6.07 Å². The molecule has 0 amide bonds. The van der Waals surface area contributed by atoms with E-state index in [4.69, 9.17) is 11.6 Å². The average molecular weight is 309 g/mol. The Balaban J connectivity index is 2.41. The summed E-state index contributed by atoms with van der Waals surface area (Å²) in [5, 5.41) is -0.708. The molecule has 0 aliphatic rings. The van der Waals surface area contributed by atoms with Crippen LogP contribution in [0.25, 0.3) is 0 Å². The number of alkyl halides is 4. The van der Waals surface area contributed by atoms with E-state index in [-0.39, 0.29) is 5.56 Å². The van der Waals surface area contributed by atoms with Crippen molar-refractivity contribution in [2.24, 2.45) is 0 Å². The van der Waals surface area contributed by atoms with Gasteiger partial charge in [0.15, 0.2) is 0 Å². The summed E-state index contributed by atoms with van der Waals surface area (Å²) in [5.74, 6) is -1.29. The van der Waals surface area contributed by atoms with Crippen LogP contribution >= 0.6 is 22.9 Å². The molecule has 1 aromatic carbocycles. The van der Waals surface area contributed by atoms with Crippen molar-refractivity contribution in [3.63, 3.8) is 0 Å². The van der Waals surface area contributed by atoms with E-state index in [1.807, 2.05) is 13.0 Å². The number of hydrogen-bond acceptors (Lipinski definition) is 1. The molecule has 6 heteroatoms. The molecule has 1 heterocycles. The third-order valence-corrected chi connectivity index (χ3v) is 4.28. The van der Waals surface area contributed by atoms with Gasteiger partial charge >= 0.3 is 6.18 Å². The number of hydrogen-bond donors (Lipinski definition) is 0. The first-order valence-corrected chi connectivity index (χ1v) is 6.61. The second-order valence-electron chi connectivity index (χ2n) is 4.05. The fourth-order valence-corrected chi connectivity index (χ4v) is 2.90. The predicted octanol–water partition coefficient (Wildman–Crippen LogP) is 5.54. The third kappa shape index (κ3) is 3.09. The van der Waals surface area contributed by atoms with Crippen LogP contribution in [0.4, 0.5) is 17.6 Å². The minimum Gasteiger partial charge on any atom is -0.206 e. The standard InChI is InChI=1S/C13H9ClF4S/c1-7-2-5-11(19-7)12(14)8-3-4-10(15)9(6-8)13(16,17)18/h2-6,12H,1H3. The Morgan fingerprint density at radius 3 is 2.37 bits per heavy atom. The Morgan fingerprint density at radius 1 is 1.16 bits per heavy atom. The molecule has 102 valence electrons. The van der Waals surface area contributed by atoms with Crippen LogP contribution in [0, 0.1) is 12.7 Å². The molecular formula is C13H9ClF4S. The smallest absolute Gasteiger partial charge is 0.206 e. The molecule has 0 aliphatic heterocycles. The lowest BCUT2D eigenvalue weighted by molar-refractivity contribution is -0.140. The maximum Gasteiger partial charge on any atom is 0.419 e. The second kappa shape index (κ2) is 5.13. The van der Waals surface area contributed by atoms with Crippen LogP contribution in [0.1, 0.15) is 26.3 Å². The highest BCUT2D eigenvalue weighted by atomic mass is 35.5. The Hall–Kier alpha value is -1.07. The van der Waals surface area contributed by atoms with E-state index in [9.17, 15) is 17.6 Å². The zero-order chi connectivity index (χ0) is 14.2. The molecule has 0 spiro atoms. The van der Waals surface area contributed by atoms with E-state index in [1.54, 1.807) is 6.07 Å². The predicted molar refractivity (Wildman–Crippen MR) is 68.2 cm³/mol. The Labute approximate surface area is 116 Å². The molecule has 0 radical (unpaired) electrons. The van der Waals surface area contributed by atoms with E-state index < -0.39 is 22.9 Å². The van der Waals surface area contributed by atoms with E-state index in [1.165, 1.54) is 17.4 Å². The molecule has 1 unspecified atom stereocenters. The summed E-state index contributed by atoms with van der Waals surface area (Å²) in [6, 6.07) is 6.44. The van der Waals surface area contributed by atoms with Gasteiger partial charge in [0, 0.05) is 9.75 Å². The number of halogens is 5. The monoisotopic (exact) mass is 308 g/mol. The molecule has 0 nitrogen and oxygen atoms in total. The summed E-state index contributed by atoms with van der Waals surface area (Å²) in [4.78, 5) is 1.75. The summed E-state index contributed by atoms with van der Waals surface area (Å²) in [6.45, 7) is 1.88. The summed E-state index contributed by atoms with van der Waals surface area (Å²) >= 11 is 7.54. The summed E-state index contributed by atoms with van der Waals surface area (Å²) < 4.78 is 51.0. The topological polar surface area (TPSA) is 0 Å². The lowest BCUT2D eigenvalue weighted by Crippen LogP contribution is -2.09. The van der Waals surface area contributed by atoms with Gasteiger partial charge < -0.3 is 0 Å². The maximum atomic E-state index is 13.2.